The van der Waals surface area contributed by atoms with Gasteiger partial charge < -0.3 is 10.8 Å². The maximum atomic E-state index is 8.17. The van der Waals surface area contributed by atoms with Gasteiger partial charge in [-0.25, -0.2) is 0 Å². The molecule has 0 aromatic heterocycles. The lowest BCUT2D eigenvalue weighted by Gasteiger charge is -2.04. The molecule has 0 bridgehead atoms. The monoisotopic (exact) mass is 559 g/mol. The average Bonchev–Trinajstić information content (AvgIpc) is 2.96. The Hall–Kier alpha value is -0.920. The fraction of sp³-hybridized carbons (Fsp3) is 0.895. The first-order chi connectivity index (χ1) is 19.7. The predicted octanol–water partition coefficient (Wildman–Crippen LogP) is 14.1. The molecule has 0 spiro atoms. The summed E-state index contributed by atoms with van der Waals surface area (Å²) in [4.78, 5) is 0. The Morgan fingerprint density at radius 3 is 0.675 bits per heavy atom. The van der Waals surface area contributed by atoms with Crippen molar-refractivity contribution in [3.05, 3.63) is 12.2 Å². The lowest BCUT2D eigenvalue weighted by Crippen LogP contribution is -1.96. The standard InChI is InChI=1S/C38H74N2/c1-3-5-7-9-11-13-15-17-19-21-23-25-27-29-31-33-37(39)35-36-38(40)34-32-30-28-26-24-22-20-18-16-14-12-10-8-6-4-2/h35-36,39-40H,3-34H2,1-2H3. The van der Waals surface area contributed by atoms with Crippen molar-refractivity contribution >= 4 is 11.4 Å². The van der Waals surface area contributed by atoms with E-state index in [-0.39, 0.29) is 0 Å². The first-order valence-corrected chi connectivity index (χ1v) is 18.5. The summed E-state index contributed by atoms with van der Waals surface area (Å²) in [5, 5.41) is 16.3. The Morgan fingerprint density at radius 2 is 0.475 bits per heavy atom. The van der Waals surface area contributed by atoms with Crippen LogP contribution in [0.1, 0.15) is 219 Å². The molecule has 2 nitrogen and oxygen atoms in total. The summed E-state index contributed by atoms with van der Waals surface area (Å²) >= 11 is 0. The lowest BCUT2D eigenvalue weighted by molar-refractivity contribution is 0.533. The van der Waals surface area contributed by atoms with Crippen LogP contribution in [0.5, 0.6) is 0 Å². The maximum Gasteiger partial charge on any atom is 0.0314 e. The van der Waals surface area contributed by atoms with Crippen LogP contribution in [-0.4, -0.2) is 11.4 Å². The summed E-state index contributed by atoms with van der Waals surface area (Å²) in [6.45, 7) is 4.58. The Kier molecular flexibility index (Phi) is 33.5. The molecule has 0 heterocycles. The zero-order valence-corrected chi connectivity index (χ0v) is 27.8. The molecule has 0 aromatic rings. The van der Waals surface area contributed by atoms with Crippen LogP contribution in [0.3, 0.4) is 0 Å². The second-order valence-electron chi connectivity index (χ2n) is 12.8. The quantitative estimate of drug-likeness (QED) is 0.0583. The maximum absolute atomic E-state index is 8.17. The highest BCUT2D eigenvalue weighted by atomic mass is 14.4. The van der Waals surface area contributed by atoms with E-state index in [1.807, 2.05) is 12.2 Å². The van der Waals surface area contributed by atoms with Gasteiger partial charge in [0.2, 0.25) is 0 Å². The van der Waals surface area contributed by atoms with E-state index in [9.17, 15) is 0 Å². The first-order valence-electron chi connectivity index (χ1n) is 18.5. The highest BCUT2D eigenvalue weighted by molar-refractivity contribution is 6.00. The molecule has 0 amide bonds. The first kappa shape index (κ1) is 39.1. The molecule has 2 heteroatoms. The van der Waals surface area contributed by atoms with E-state index in [1.54, 1.807) is 0 Å². The summed E-state index contributed by atoms with van der Waals surface area (Å²) < 4.78 is 0. The zero-order valence-electron chi connectivity index (χ0n) is 27.8. The van der Waals surface area contributed by atoms with Gasteiger partial charge in [-0.2, -0.15) is 0 Å². The summed E-state index contributed by atoms with van der Waals surface area (Å²) in [6, 6.07) is 0. The van der Waals surface area contributed by atoms with Gasteiger partial charge in [-0.1, -0.05) is 194 Å². The largest absolute Gasteiger partial charge is 0.305 e. The Labute approximate surface area is 253 Å². The van der Waals surface area contributed by atoms with Crippen LogP contribution in [-0.2, 0) is 0 Å². The molecule has 0 atom stereocenters. The molecule has 0 fully saturated rings. The van der Waals surface area contributed by atoms with Crippen LogP contribution in [0.2, 0.25) is 0 Å². The molecule has 0 radical (unpaired) electrons. The van der Waals surface area contributed by atoms with E-state index in [0.29, 0.717) is 11.4 Å². The van der Waals surface area contributed by atoms with E-state index in [1.165, 1.54) is 180 Å². The summed E-state index contributed by atoms with van der Waals surface area (Å²) in [6.07, 6.45) is 47.0. The third-order valence-electron chi connectivity index (χ3n) is 8.59. The number of rotatable bonds is 34. The number of hydrogen-bond donors (Lipinski definition) is 2. The van der Waals surface area contributed by atoms with Crippen molar-refractivity contribution in [2.75, 3.05) is 0 Å². The number of allylic oxidation sites excluding steroid dienone is 2. The molecular formula is C38H74N2. The van der Waals surface area contributed by atoms with Gasteiger partial charge in [0.1, 0.15) is 0 Å². The third-order valence-corrected chi connectivity index (χ3v) is 8.59. The fourth-order valence-electron chi connectivity index (χ4n) is 5.74. The molecule has 40 heavy (non-hydrogen) atoms. The van der Waals surface area contributed by atoms with E-state index in [4.69, 9.17) is 10.8 Å². The van der Waals surface area contributed by atoms with Crippen LogP contribution < -0.4 is 0 Å². The van der Waals surface area contributed by atoms with Crippen molar-refractivity contribution in [3.63, 3.8) is 0 Å². The van der Waals surface area contributed by atoms with Crippen LogP contribution >= 0.6 is 0 Å². The normalized spacial score (nSPS) is 11.6. The van der Waals surface area contributed by atoms with Crippen molar-refractivity contribution in [2.45, 2.75) is 219 Å². The molecule has 236 valence electrons. The molecule has 0 saturated carbocycles. The fourth-order valence-corrected chi connectivity index (χ4v) is 5.74. The Morgan fingerprint density at radius 1 is 0.300 bits per heavy atom. The zero-order chi connectivity index (χ0) is 29.2. The summed E-state index contributed by atoms with van der Waals surface area (Å²) in [5.41, 5.74) is 1.41. The summed E-state index contributed by atoms with van der Waals surface area (Å²) in [5.74, 6) is 0. The Bertz CT molecular complexity index is 502. The molecule has 2 N–H and O–H groups in total. The predicted molar refractivity (Wildman–Crippen MR) is 184 cm³/mol. The average molecular weight is 559 g/mol. The lowest BCUT2D eigenvalue weighted by atomic mass is 10.0. The van der Waals surface area contributed by atoms with Crippen LogP contribution in [0, 0.1) is 10.8 Å². The van der Waals surface area contributed by atoms with Crippen molar-refractivity contribution in [3.8, 4) is 0 Å². The third kappa shape index (κ3) is 33.3. The van der Waals surface area contributed by atoms with Gasteiger partial charge in [0, 0.05) is 11.4 Å². The van der Waals surface area contributed by atoms with Gasteiger partial charge in [0.25, 0.3) is 0 Å². The van der Waals surface area contributed by atoms with Gasteiger partial charge in [0.05, 0.1) is 0 Å². The molecule has 0 unspecified atom stereocenters. The summed E-state index contributed by atoms with van der Waals surface area (Å²) in [7, 11) is 0. The minimum Gasteiger partial charge on any atom is -0.305 e. The van der Waals surface area contributed by atoms with Crippen molar-refractivity contribution in [1.29, 1.82) is 10.8 Å². The minimum absolute atomic E-state index is 0.705. The van der Waals surface area contributed by atoms with Crippen LogP contribution in [0.4, 0.5) is 0 Å². The highest BCUT2D eigenvalue weighted by Gasteiger charge is 1.99. The smallest absolute Gasteiger partial charge is 0.0314 e. The van der Waals surface area contributed by atoms with E-state index in [0.717, 1.165) is 25.7 Å². The Balaban J connectivity index is 3.34. The van der Waals surface area contributed by atoms with E-state index in [2.05, 4.69) is 13.8 Å². The SMILES string of the molecule is CCCCCCCCCCCCCCCCCC(=N)C=CC(=N)CCCCCCCCCCCCCCCCC. The number of unbranched alkanes of at least 4 members (excludes halogenated alkanes) is 28. The van der Waals surface area contributed by atoms with Crippen molar-refractivity contribution in [2.24, 2.45) is 0 Å². The van der Waals surface area contributed by atoms with Gasteiger partial charge in [-0.05, 0) is 37.8 Å². The number of nitrogens with one attached hydrogen (secondary N) is 2. The molecule has 0 aromatic carbocycles. The van der Waals surface area contributed by atoms with Gasteiger partial charge >= 0.3 is 0 Å². The molecule has 0 aliphatic heterocycles. The highest BCUT2D eigenvalue weighted by Crippen LogP contribution is 2.15. The number of hydrogen-bond acceptors (Lipinski definition) is 2. The minimum atomic E-state index is 0.705. The van der Waals surface area contributed by atoms with Gasteiger partial charge in [-0.15, -0.1) is 0 Å². The second kappa shape index (κ2) is 34.3. The second-order valence-corrected chi connectivity index (χ2v) is 12.8. The van der Waals surface area contributed by atoms with Gasteiger partial charge in [-0.3, -0.25) is 0 Å². The molecule has 0 aliphatic carbocycles. The van der Waals surface area contributed by atoms with E-state index >= 15 is 0 Å². The van der Waals surface area contributed by atoms with Crippen molar-refractivity contribution < 1.29 is 0 Å². The topological polar surface area (TPSA) is 47.7 Å². The van der Waals surface area contributed by atoms with Gasteiger partial charge in [0.15, 0.2) is 0 Å². The molecule has 0 saturated heterocycles. The van der Waals surface area contributed by atoms with Crippen molar-refractivity contribution in [1.82, 2.24) is 0 Å². The van der Waals surface area contributed by atoms with E-state index < -0.39 is 0 Å². The molecule has 0 rings (SSSR count). The van der Waals surface area contributed by atoms with Crippen LogP contribution in [0.25, 0.3) is 0 Å². The van der Waals surface area contributed by atoms with Crippen LogP contribution in [0.15, 0.2) is 12.2 Å². The molecule has 0 aliphatic rings. The molecular weight excluding hydrogens is 484 g/mol.